The molecule has 0 aliphatic carbocycles. The van der Waals surface area contributed by atoms with E-state index in [1.165, 1.54) is 19.9 Å². The number of carbonyl (C=O) groups excluding carboxylic acids is 2. The molecule has 1 aromatic carbocycles. The number of carbonyl (C=O) groups is 2. The Morgan fingerprint density at radius 1 is 1.09 bits per heavy atom. The highest BCUT2D eigenvalue weighted by Gasteiger charge is 2.23. The van der Waals surface area contributed by atoms with Crippen LogP contribution in [0, 0.1) is 0 Å². The summed E-state index contributed by atoms with van der Waals surface area (Å²) in [5.41, 5.74) is 0.626. The highest BCUT2D eigenvalue weighted by Crippen LogP contribution is 2.27. The van der Waals surface area contributed by atoms with E-state index in [-0.39, 0.29) is 17.9 Å². The number of ketones is 2. The molecule has 7 heteroatoms. The molecule has 0 unspecified atom stereocenters. The largest absolute Gasteiger partial charge is 0.744 e. The lowest BCUT2D eigenvalue weighted by Crippen LogP contribution is -2.39. The van der Waals surface area contributed by atoms with Crippen LogP contribution in [0.5, 0.6) is 0 Å². The molecule has 0 spiro atoms. The first-order valence-electron chi connectivity index (χ1n) is 6.80. The zero-order valence-electron chi connectivity index (χ0n) is 12.6. The van der Waals surface area contributed by atoms with E-state index in [9.17, 15) is 22.6 Å². The van der Waals surface area contributed by atoms with Crippen molar-refractivity contribution < 1.29 is 27.1 Å². The number of nitrogens with zero attached hydrogens (tertiary/aromatic N) is 1. The minimum atomic E-state index is -4.79. The number of hydrogen-bond acceptors (Lipinski definition) is 5. The van der Waals surface area contributed by atoms with E-state index in [0.717, 1.165) is 6.07 Å². The first-order chi connectivity index (χ1) is 10.7. The van der Waals surface area contributed by atoms with Crippen LogP contribution in [0.4, 0.5) is 0 Å². The first kappa shape index (κ1) is 17.0. The molecule has 23 heavy (non-hydrogen) atoms. The molecule has 2 aromatic rings. The standard InChI is InChI=1S/C16H15NO5S/c1-11(18)10-17-9-4-3-7-14(17)13-6-5-8-15(23(20,21)22)16(13)12(2)19/h3-9H,10H2,1-2H3. The average Bonchev–Trinajstić information content (AvgIpc) is 2.45. The fourth-order valence-corrected chi connectivity index (χ4v) is 3.16. The van der Waals surface area contributed by atoms with Crippen molar-refractivity contribution in [2.45, 2.75) is 25.3 Å². The van der Waals surface area contributed by atoms with Crippen LogP contribution in [0.3, 0.4) is 0 Å². The fraction of sp³-hybridized carbons (Fsp3) is 0.188. The molecule has 0 amide bonds. The lowest BCUT2D eigenvalue weighted by Gasteiger charge is -2.14. The Kier molecular flexibility index (Phi) is 4.72. The van der Waals surface area contributed by atoms with Gasteiger partial charge in [0.05, 0.1) is 10.5 Å². The molecule has 120 valence electrons. The van der Waals surface area contributed by atoms with E-state index in [0.29, 0.717) is 11.3 Å². The summed E-state index contributed by atoms with van der Waals surface area (Å²) < 4.78 is 35.9. The third-order valence-electron chi connectivity index (χ3n) is 3.26. The molecule has 0 radical (unpaired) electrons. The topological polar surface area (TPSA) is 95.2 Å². The van der Waals surface area contributed by atoms with Crippen LogP contribution in [0.1, 0.15) is 24.2 Å². The molecular formula is C16H15NO5S. The molecular weight excluding hydrogens is 318 g/mol. The van der Waals surface area contributed by atoms with Gasteiger partial charge in [-0.3, -0.25) is 9.59 Å². The van der Waals surface area contributed by atoms with Gasteiger partial charge in [0.2, 0.25) is 12.2 Å². The summed E-state index contributed by atoms with van der Waals surface area (Å²) in [5, 5.41) is 0. The number of rotatable bonds is 5. The first-order valence-corrected chi connectivity index (χ1v) is 8.20. The van der Waals surface area contributed by atoms with Gasteiger partial charge >= 0.3 is 0 Å². The Labute approximate surface area is 134 Å². The van der Waals surface area contributed by atoms with Crippen molar-refractivity contribution >= 4 is 21.7 Å². The van der Waals surface area contributed by atoms with Gasteiger partial charge in [-0.15, -0.1) is 0 Å². The van der Waals surface area contributed by atoms with Crippen molar-refractivity contribution in [2.75, 3.05) is 0 Å². The van der Waals surface area contributed by atoms with Crippen molar-refractivity contribution in [3.8, 4) is 11.3 Å². The zero-order valence-corrected chi connectivity index (χ0v) is 13.5. The molecule has 2 rings (SSSR count). The van der Waals surface area contributed by atoms with Crippen molar-refractivity contribution in [3.63, 3.8) is 0 Å². The summed E-state index contributed by atoms with van der Waals surface area (Å²) >= 11 is 0. The summed E-state index contributed by atoms with van der Waals surface area (Å²) in [6.07, 6.45) is 1.65. The second-order valence-electron chi connectivity index (χ2n) is 5.10. The number of Topliss-reactive ketones (excluding diaryl/α,β-unsaturated/α-hetero) is 2. The highest BCUT2D eigenvalue weighted by atomic mass is 32.2. The van der Waals surface area contributed by atoms with E-state index in [1.807, 2.05) is 0 Å². The molecule has 0 saturated carbocycles. The summed E-state index contributed by atoms with van der Waals surface area (Å²) in [6, 6.07) is 9.14. The Balaban J connectivity index is 2.80. The minimum Gasteiger partial charge on any atom is -0.744 e. The van der Waals surface area contributed by atoms with Crippen molar-refractivity contribution in [1.82, 2.24) is 0 Å². The Bertz CT molecular complexity index is 887. The van der Waals surface area contributed by atoms with Gasteiger partial charge in [0.1, 0.15) is 10.1 Å². The van der Waals surface area contributed by atoms with Crippen molar-refractivity contribution in [3.05, 3.63) is 48.2 Å². The average molecular weight is 333 g/mol. The molecule has 0 aliphatic rings. The monoisotopic (exact) mass is 333 g/mol. The van der Waals surface area contributed by atoms with Crippen molar-refractivity contribution in [2.24, 2.45) is 0 Å². The molecule has 0 saturated heterocycles. The van der Waals surface area contributed by atoms with Crippen molar-refractivity contribution in [1.29, 1.82) is 0 Å². The van der Waals surface area contributed by atoms with Gasteiger partial charge in [0.15, 0.2) is 17.8 Å². The third-order valence-corrected chi connectivity index (χ3v) is 4.14. The van der Waals surface area contributed by atoms with E-state index in [4.69, 9.17) is 0 Å². The lowest BCUT2D eigenvalue weighted by atomic mass is 10.0. The normalized spacial score (nSPS) is 11.3. The summed E-state index contributed by atoms with van der Waals surface area (Å²) in [7, 11) is -4.79. The van der Waals surface area contributed by atoms with Gasteiger partial charge in [-0.05, 0) is 25.1 Å². The van der Waals surface area contributed by atoms with Crippen LogP contribution >= 0.6 is 0 Å². The highest BCUT2D eigenvalue weighted by molar-refractivity contribution is 7.85. The maximum Gasteiger partial charge on any atom is 0.213 e. The predicted molar refractivity (Wildman–Crippen MR) is 80.7 cm³/mol. The second-order valence-corrected chi connectivity index (χ2v) is 6.45. The Morgan fingerprint density at radius 3 is 2.35 bits per heavy atom. The molecule has 0 aliphatic heterocycles. The SMILES string of the molecule is CC(=O)C[n+]1ccccc1-c1cccc(S(=O)(=O)[O-])c1C(C)=O. The summed E-state index contributed by atoms with van der Waals surface area (Å²) in [4.78, 5) is 22.8. The van der Waals surface area contributed by atoms with Crippen LogP contribution in [-0.4, -0.2) is 24.5 Å². The number of pyridine rings is 1. The Hall–Kier alpha value is -2.38. The molecule has 1 heterocycles. The van der Waals surface area contributed by atoms with Crippen LogP contribution in [0.2, 0.25) is 0 Å². The second kappa shape index (κ2) is 6.39. The Morgan fingerprint density at radius 2 is 1.78 bits per heavy atom. The van der Waals surface area contributed by atoms with E-state index >= 15 is 0 Å². The van der Waals surface area contributed by atoms with Crippen LogP contribution in [0.25, 0.3) is 11.3 Å². The van der Waals surface area contributed by atoms with Gasteiger partial charge in [-0.1, -0.05) is 6.07 Å². The summed E-state index contributed by atoms with van der Waals surface area (Å²) in [5.74, 6) is -0.632. The van der Waals surface area contributed by atoms with Crippen LogP contribution in [0.15, 0.2) is 47.5 Å². The molecule has 0 atom stereocenters. The van der Waals surface area contributed by atoms with E-state index in [1.54, 1.807) is 35.0 Å². The van der Waals surface area contributed by atoms with Gasteiger partial charge in [-0.25, -0.2) is 8.42 Å². The third kappa shape index (κ3) is 3.69. The maximum atomic E-state index is 12.0. The van der Waals surface area contributed by atoms with Crippen LogP contribution in [-0.2, 0) is 21.5 Å². The maximum absolute atomic E-state index is 12.0. The van der Waals surface area contributed by atoms with Gasteiger partial charge < -0.3 is 4.55 Å². The molecule has 0 N–H and O–H groups in total. The molecule has 1 aromatic heterocycles. The lowest BCUT2D eigenvalue weighted by molar-refractivity contribution is -0.673. The zero-order chi connectivity index (χ0) is 17.2. The van der Waals surface area contributed by atoms with Crippen LogP contribution < -0.4 is 4.57 Å². The fourth-order valence-electron chi connectivity index (χ4n) is 2.41. The molecule has 0 bridgehead atoms. The minimum absolute atomic E-state index is 0.0713. The van der Waals surface area contributed by atoms with E-state index in [2.05, 4.69) is 0 Å². The molecule has 0 fully saturated rings. The molecule has 6 nitrogen and oxygen atoms in total. The predicted octanol–water partition coefficient (Wildman–Crippen LogP) is 1.34. The number of benzene rings is 1. The van der Waals surface area contributed by atoms with Gasteiger partial charge in [-0.2, -0.15) is 4.57 Å². The number of hydrogen-bond donors (Lipinski definition) is 0. The van der Waals surface area contributed by atoms with Gasteiger partial charge in [0.25, 0.3) is 0 Å². The quantitative estimate of drug-likeness (QED) is 0.467. The van der Waals surface area contributed by atoms with Gasteiger partial charge in [0, 0.05) is 24.6 Å². The number of aromatic nitrogens is 1. The smallest absolute Gasteiger partial charge is 0.213 e. The summed E-state index contributed by atoms with van der Waals surface area (Å²) in [6.45, 7) is 2.70. The van der Waals surface area contributed by atoms with E-state index < -0.39 is 20.8 Å².